The molecule has 31 heavy (non-hydrogen) atoms. The quantitative estimate of drug-likeness (QED) is 0.110. The van der Waals surface area contributed by atoms with Crippen LogP contribution < -0.4 is 0 Å². The molecule has 3 heteroatoms. The maximum atomic E-state index is 11.1. The monoisotopic (exact) mass is 498 g/mol. The van der Waals surface area contributed by atoms with Crippen LogP contribution in [0.3, 0.4) is 0 Å². The molecule has 1 aliphatic rings. The molecule has 1 rings (SSSR count). The molecule has 0 aromatic carbocycles. The Balaban J connectivity index is 1.73. The molecule has 182 valence electrons. The van der Waals surface area contributed by atoms with Crippen LogP contribution in [0.5, 0.6) is 0 Å². The second-order valence-corrected chi connectivity index (χ2v) is 10.9. The second kappa shape index (κ2) is 21.9. The van der Waals surface area contributed by atoms with Crippen LogP contribution in [0, 0.1) is 12.3 Å². The van der Waals surface area contributed by atoms with E-state index in [-0.39, 0.29) is 5.92 Å². The minimum atomic E-state index is 0.0914. The molecule has 2 atom stereocenters. The highest BCUT2D eigenvalue weighted by atomic mass is 79.9. The summed E-state index contributed by atoms with van der Waals surface area (Å²) in [5.41, 5.74) is 0. The van der Waals surface area contributed by atoms with Gasteiger partial charge in [0.1, 0.15) is 0 Å². The first-order valence-electron chi connectivity index (χ1n) is 13.7. The molecule has 0 aliphatic heterocycles. The molecule has 0 heterocycles. The first-order chi connectivity index (χ1) is 15.3. The minimum absolute atomic E-state index is 0.0914. The van der Waals surface area contributed by atoms with Crippen molar-refractivity contribution in [1.29, 1.82) is 0 Å². The molecule has 0 N–H and O–H groups in total. The normalized spacial score (nSPS) is 17.0. The van der Waals surface area contributed by atoms with Gasteiger partial charge in [0.25, 0.3) is 0 Å². The van der Waals surface area contributed by atoms with Crippen molar-refractivity contribution >= 4 is 22.2 Å². The zero-order valence-corrected chi connectivity index (χ0v) is 22.1. The first kappa shape index (κ1) is 29.1. The second-order valence-electron chi connectivity index (χ2n) is 9.70. The van der Waals surface area contributed by atoms with Crippen LogP contribution in [0.2, 0.25) is 0 Å². The maximum Gasteiger partial charge on any atom is 0.202 e. The van der Waals surface area contributed by atoms with Crippen molar-refractivity contribution in [1.82, 2.24) is 0 Å². The van der Waals surface area contributed by atoms with Crippen LogP contribution in [-0.4, -0.2) is 23.8 Å². The van der Waals surface area contributed by atoms with Gasteiger partial charge in [0, 0.05) is 17.4 Å². The highest BCUT2D eigenvalue weighted by molar-refractivity contribution is 9.09. The van der Waals surface area contributed by atoms with Crippen LogP contribution in [0.15, 0.2) is 0 Å². The zero-order chi connectivity index (χ0) is 22.4. The lowest BCUT2D eigenvalue weighted by atomic mass is 9.96. The van der Waals surface area contributed by atoms with Crippen molar-refractivity contribution in [3.8, 4) is 0 Å². The van der Waals surface area contributed by atoms with E-state index in [1.54, 1.807) is 0 Å². The van der Waals surface area contributed by atoms with E-state index >= 15 is 0 Å². The van der Waals surface area contributed by atoms with Gasteiger partial charge in [-0.25, -0.2) is 0 Å². The molecule has 2 nitrogen and oxygen atoms in total. The van der Waals surface area contributed by atoms with Crippen molar-refractivity contribution < 1.29 is 9.53 Å². The number of carbonyl (C=O) groups excluding carboxylic acids is 1. The van der Waals surface area contributed by atoms with Crippen LogP contribution >= 0.6 is 15.9 Å². The van der Waals surface area contributed by atoms with Gasteiger partial charge >= 0.3 is 0 Å². The third kappa shape index (κ3) is 17.3. The van der Waals surface area contributed by atoms with Gasteiger partial charge in [-0.2, -0.15) is 0 Å². The van der Waals surface area contributed by atoms with Crippen LogP contribution in [-0.2, 0) is 9.53 Å². The average molecular weight is 500 g/mol. The molecule has 1 aliphatic carbocycles. The van der Waals surface area contributed by atoms with Crippen LogP contribution in [0.4, 0.5) is 0 Å². The molecule has 0 spiro atoms. The largest absolute Gasteiger partial charge is 0.378 e. The summed E-state index contributed by atoms with van der Waals surface area (Å²) >= 11 is 3.66. The molecule has 0 aromatic heterocycles. The number of halogens is 1. The predicted molar refractivity (Wildman–Crippen MR) is 139 cm³/mol. The Bertz CT molecular complexity index is 381. The van der Waals surface area contributed by atoms with Crippen molar-refractivity contribution in [3.05, 3.63) is 6.42 Å². The molecule has 1 fully saturated rings. The highest BCUT2D eigenvalue weighted by Gasteiger charge is 2.17. The molecule has 1 saturated carbocycles. The Morgan fingerprint density at radius 1 is 0.806 bits per heavy atom. The molecule has 0 bridgehead atoms. The van der Waals surface area contributed by atoms with E-state index in [0.717, 1.165) is 25.9 Å². The number of alkyl halides is 1. The maximum absolute atomic E-state index is 11.1. The van der Waals surface area contributed by atoms with Crippen molar-refractivity contribution in [3.63, 3.8) is 0 Å². The van der Waals surface area contributed by atoms with E-state index in [4.69, 9.17) is 4.74 Å². The molecular formula is C28H51BrO2. The molecule has 0 amide bonds. The fourth-order valence-electron chi connectivity index (χ4n) is 4.69. The number of rotatable bonds is 22. The van der Waals surface area contributed by atoms with Gasteiger partial charge in [-0.15, -0.1) is 0 Å². The lowest BCUT2D eigenvalue weighted by molar-refractivity contribution is 0.0326. The average Bonchev–Trinajstić information content (AvgIpc) is 2.79. The Hall–Kier alpha value is 0.110. The number of ether oxygens (including phenoxy) is 1. The molecular weight excluding hydrogens is 448 g/mol. The third-order valence-electron chi connectivity index (χ3n) is 6.80. The summed E-state index contributed by atoms with van der Waals surface area (Å²) in [6.07, 6.45) is 32.4. The van der Waals surface area contributed by atoms with E-state index in [9.17, 15) is 4.79 Å². The Kier molecular flexibility index (Phi) is 20.6. The minimum Gasteiger partial charge on any atom is -0.378 e. The SMILES string of the molecule is CCCC(Br)C([C]=O)CCCCCCCCCCCCCCCCOC1CC[CH]CC1. The van der Waals surface area contributed by atoms with E-state index < -0.39 is 0 Å². The van der Waals surface area contributed by atoms with Gasteiger partial charge < -0.3 is 4.74 Å². The van der Waals surface area contributed by atoms with E-state index in [2.05, 4.69) is 35.6 Å². The fourth-order valence-corrected chi connectivity index (χ4v) is 5.52. The summed E-state index contributed by atoms with van der Waals surface area (Å²) in [4.78, 5) is 11.4. The topological polar surface area (TPSA) is 26.3 Å². The number of hydrogen-bond acceptors (Lipinski definition) is 2. The molecule has 2 radical (unpaired) electrons. The van der Waals surface area contributed by atoms with Gasteiger partial charge in [0.15, 0.2) is 0 Å². The van der Waals surface area contributed by atoms with Crippen molar-refractivity contribution in [2.75, 3.05) is 6.61 Å². The van der Waals surface area contributed by atoms with Gasteiger partial charge in [0.2, 0.25) is 6.29 Å². The zero-order valence-electron chi connectivity index (χ0n) is 20.6. The highest BCUT2D eigenvalue weighted by Crippen LogP contribution is 2.23. The van der Waals surface area contributed by atoms with Gasteiger partial charge in [-0.05, 0) is 51.4 Å². The Morgan fingerprint density at radius 3 is 1.77 bits per heavy atom. The summed E-state index contributed by atoms with van der Waals surface area (Å²) in [5.74, 6) is 0.0914. The van der Waals surface area contributed by atoms with Gasteiger partial charge in [0.05, 0.1) is 6.10 Å². The molecule has 0 aromatic rings. The summed E-state index contributed by atoms with van der Waals surface area (Å²) < 4.78 is 5.99. The van der Waals surface area contributed by atoms with E-state index in [1.807, 2.05) is 0 Å². The lowest BCUT2D eigenvalue weighted by Gasteiger charge is -2.21. The molecule has 0 saturated heterocycles. The lowest BCUT2D eigenvalue weighted by Crippen LogP contribution is -2.17. The smallest absolute Gasteiger partial charge is 0.202 e. The van der Waals surface area contributed by atoms with E-state index in [0.29, 0.717) is 10.9 Å². The summed E-state index contributed by atoms with van der Waals surface area (Å²) in [7, 11) is 0. The van der Waals surface area contributed by atoms with Crippen molar-refractivity contribution in [2.45, 2.75) is 153 Å². The standard InChI is InChI=1S/C28H51BrO2/c1-2-20-28(29)26(25-30)21-16-13-11-9-7-5-3-4-6-8-10-12-14-19-24-31-27-22-17-15-18-23-27/h15,26-28H,2-14,16-24H2,1H3. The number of unbranched alkanes of at least 4 members (excludes halogenated alkanes) is 13. The number of hydrogen-bond donors (Lipinski definition) is 0. The van der Waals surface area contributed by atoms with Crippen molar-refractivity contribution in [2.24, 2.45) is 5.92 Å². The van der Waals surface area contributed by atoms with Gasteiger partial charge in [-0.1, -0.05) is 113 Å². The van der Waals surface area contributed by atoms with E-state index in [1.165, 1.54) is 116 Å². The summed E-state index contributed by atoms with van der Waals surface area (Å²) in [6, 6.07) is 0. The first-order valence-corrected chi connectivity index (χ1v) is 14.6. The Labute approximate surface area is 203 Å². The predicted octanol–water partition coefficient (Wildman–Crippen LogP) is 9.29. The fraction of sp³-hybridized carbons (Fsp3) is 0.929. The van der Waals surface area contributed by atoms with Gasteiger partial charge in [-0.3, -0.25) is 4.79 Å². The summed E-state index contributed by atoms with van der Waals surface area (Å²) in [5, 5.41) is 0. The molecule has 2 unspecified atom stereocenters. The Morgan fingerprint density at radius 2 is 1.29 bits per heavy atom. The van der Waals surface area contributed by atoms with Crippen LogP contribution in [0.1, 0.15) is 142 Å². The van der Waals surface area contributed by atoms with Crippen LogP contribution in [0.25, 0.3) is 0 Å². The third-order valence-corrected chi connectivity index (χ3v) is 7.90. The summed E-state index contributed by atoms with van der Waals surface area (Å²) in [6.45, 7) is 3.15.